The summed E-state index contributed by atoms with van der Waals surface area (Å²) in [5, 5.41) is 0.362. The fraction of sp³-hybridized carbons (Fsp3) is 0.381. The molecule has 1 aliphatic rings. The molecule has 2 aromatic carbocycles. The number of ether oxygens (including phenoxy) is 4. The summed E-state index contributed by atoms with van der Waals surface area (Å²) in [5.74, 6) is 1.15. The standard InChI is InChI=1S/C21H24Cl2N2O6S/c1-11(2)16-10-31-21(24-16)15-9-17(28-3)19(29-4)20(30-5)18(15)25-32(26,27)14-7-12(22)6-13(23)8-14/h6-9,11,16,25H,10H2,1-5H3. The van der Waals surface area contributed by atoms with Crippen LogP contribution in [-0.2, 0) is 14.8 Å². The van der Waals surface area contributed by atoms with Gasteiger partial charge in [0.2, 0.25) is 11.6 Å². The van der Waals surface area contributed by atoms with Gasteiger partial charge in [0, 0.05) is 10.0 Å². The summed E-state index contributed by atoms with van der Waals surface area (Å²) < 4.78 is 51.2. The van der Waals surface area contributed by atoms with Gasteiger partial charge in [0.05, 0.1) is 37.8 Å². The van der Waals surface area contributed by atoms with E-state index in [9.17, 15) is 8.42 Å². The second kappa shape index (κ2) is 9.64. The third-order valence-corrected chi connectivity index (χ3v) is 6.65. The SMILES string of the molecule is COc1cc(C2=NC(C(C)C)CO2)c(NS(=O)(=O)c2cc(Cl)cc(Cl)c2)c(OC)c1OC. The van der Waals surface area contributed by atoms with Gasteiger partial charge >= 0.3 is 0 Å². The highest BCUT2D eigenvalue weighted by Gasteiger charge is 2.31. The van der Waals surface area contributed by atoms with E-state index in [1.165, 1.54) is 39.5 Å². The van der Waals surface area contributed by atoms with E-state index in [1.54, 1.807) is 6.07 Å². The number of benzene rings is 2. The molecular formula is C21H24Cl2N2O6S. The molecule has 2 aromatic rings. The molecule has 0 aromatic heterocycles. The van der Waals surface area contributed by atoms with Crippen LogP contribution in [0.4, 0.5) is 5.69 Å². The van der Waals surface area contributed by atoms with Gasteiger partial charge in [0.1, 0.15) is 12.3 Å². The molecule has 32 heavy (non-hydrogen) atoms. The maximum atomic E-state index is 13.2. The van der Waals surface area contributed by atoms with Crippen LogP contribution >= 0.6 is 23.2 Å². The van der Waals surface area contributed by atoms with Crippen LogP contribution in [0.2, 0.25) is 10.0 Å². The van der Waals surface area contributed by atoms with E-state index in [-0.39, 0.29) is 50.0 Å². The van der Waals surface area contributed by atoms with Gasteiger partial charge < -0.3 is 18.9 Å². The van der Waals surface area contributed by atoms with Crippen molar-refractivity contribution in [3.63, 3.8) is 0 Å². The third kappa shape index (κ3) is 4.84. The maximum Gasteiger partial charge on any atom is 0.262 e. The second-order valence-corrected chi connectivity index (χ2v) is 9.89. The van der Waals surface area contributed by atoms with Crippen LogP contribution in [0.5, 0.6) is 17.2 Å². The van der Waals surface area contributed by atoms with Crippen molar-refractivity contribution in [3.05, 3.63) is 39.9 Å². The Morgan fingerprint density at radius 1 is 1.03 bits per heavy atom. The van der Waals surface area contributed by atoms with Gasteiger partial charge in [-0.25, -0.2) is 13.4 Å². The van der Waals surface area contributed by atoms with E-state index < -0.39 is 10.0 Å². The van der Waals surface area contributed by atoms with Crippen LogP contribution in [-0.4, -0.2) is 48.3 Å². The molecule has 8 nitrogen and oxygen atoms in total. The van der Waals surface area contributed by atoms with Gasteiger partial charge in [0.15, 0.2) is 11.5 Å². The Morgan fingerprint density at radius 2 is 1.66 bits per heavy atom. The van der Waals surface area contributed by atoms with Crippen LogP contribution in [0.3, 0.4) is 0 Å². The number of methoxy groups -OCH3 is 3. The number of nitrogens with one attached hydrogen (secondary N) is 1. The third-order valence-electron chi connectivity index (χ3n) is 4.89. The van der Waals surface area contributed by atoms with E-state index in [0.29, 0.717) is 17.9 Å². The fourth-order valence-corrected chi connectivity index (χ4v) is 4.99. The zero-order valence-electron chi connectivity index (χ0n) is 18.2. The minimum atomic E-state index is -4.12. The number of anilines is 1. The Balaban J connectivity index is 2.21. The van der Waals surface area contributed by atoms with Crippen LogP contribution in [0.1, 0.15) is 19.4 Å². The highest BCUT2D eigenvalue weighted by molar-refractivity contribution is 7.92. The molecule has 1 atom stereocenters. The largest absolute Gasteiger partial charge is 0.493 e. The smallest absolute Gasteiger partial charge is 0.262 e. The van der Waals surface area contributed by atoms with Crippen LogP contribution in [0.25, 0.3) is 0 Å². The van der Waals surface area contributed by atoms with Crippen molar-refractivity contribution >= 4 is 44.8 Å². The summed E-state index contributed by atoms with van der Waals surface area (Å²) in [5.41, 5.74) is 0.434. The zero-order valence-corrected chi connectivity index (χ0v) is 20.6. The number of aliphatic imine (C=N–C) groups is 1. The number of hydrogen-bond acceptors (Lipinski definition) is 7. The van der Waals surface area contributed by atoms with Crippen LogP contribution in [0.15, 0.2) is 34.2 Å². The Labute approximate surface area is 197 Å². The second-order valence-electron chi connectivity index (χ2n) is 7.34. The number of hydrogen-bond donors (Lipinski definition) is 1. The lowest BCUT2D eigenvalue weighted by molar-refractivity contribution is 0.291. The summed E-state index contributed by atoms with van der Waals surface area (Å²) in [7, 11) is 0.158. The van der Waals surface area contributed by atoms with Crippen molar-refractivity contribution in [1.82, 2.24) is 0 Å². The monoisotopic (exact) mass is 502 g/mol. The minimum Gasteiger partial charge on any atom is -0.493 e. The van der Waals surface area contributed by atoms with Gasteiger partial charge in [-0.1, -0.05) is 37.0 Å². The average molecular weight is 503 g/mol. The topological polar surface area (TPSA) is 95.5 Å². The van der Waals surface area contributed by atoms with Gasteiger partial charge in [-0.3, -0.25) is 4.72 Å². The lowest BCUT2D eigenvalue weighted by Crippen LogP contribution is -2.17. The summed E-state index contributed by atoms with van der Waals surface area (Å²) in [6.45, 7) is 4.43. The van der Waals surface area contributed by atoms with Crippen molar-refractivity contribution < 1.29 is 27.4 Å². The molecule has 0 spiro atoms. The molecule has 3 rings (SSSR count). The molecule has 0 bridgehead atoms. The minimum absolute atomic E-state index is 0.0692. The first-order chi connectivity index (χ1) is 15.1. The molecule has 0 saturated heterocycles. The number of nitrogens with zero attached hydrogens (tertiary/aromatic N) is 1. The molecule has 0 aliphatic carbocycles. The van der Waals surface area contributed by atoms with Crippen molar-refractivity contribution in [2.24, 2.45) is 10.9 Å². The lowest BCUT2D eigenvalue weighted by Gasteiger charge is -2.20. The predicted molar refractivity (Wildman–Crippen MR) is 124 cm³/mol. The predicted octanol–water partition coefficient (Wildman–Crippen LogP) is 4.62. The highest BCUT2D eigenvalue weighted by atomic mass is 35.5. The number of sulfonamides is 1. The Bertz CT molecular complexity index is 1130. The van der Waals surface area contributed by atoms with Crippen molar-refractivity contribution in [2.75, 3.05) is 32.7 Å². The summed E-state index contributed by atoms with van der Waals surface area (Å²) >= 11 is 12.0. The number of halogens is 2. The first kappa shape index (κ1) is 24.3. The molecule has 1 N–H and O–H groups in total. The summed E-state index contributed by atoms with van der Waals surface area (Å²) in [6, 6.07) is 5.55. The van der Waals surface area contributed by atoms with Gasteiger partial charge in [-0.15, -0.1) is 0 Å². The Hall–Kier alpha value is -2.36. The Kier molecular flexibility index (Phi) is 7.32. The molecule has 0 amide bonds. The highest BCUT2D eigenvalue weighted by Crippen LogP contribution is 2.46. The molecule has 11 heteroatoms. The molecule has 174 valence electrons. The zero-order chi connectivity index (χ0) is 23.6. The number of rotatable bonds is 8. The molecule has 0 fully saturated rings. The average Bonchev–Trinajstić information content (AvgIpc) is 3.22. The molecule has 1 heterocycles. The lowest BCUT2D eigenvalue weighted by atomic mass is 10.1. The van der Waals surface area contributed by atoms with Gasteiger partial charge in [-0.05, 0) is 30.2 Å². The van der Waals surface area contributed by atoms with Crippen molar-refractivity contribution in [3.8, 4) is 17.2 Å². The first-order valence-electron chi connectivity index (χ1n) is 9.64. The Morgan fingerprint density at radius 3 is 2.16 bits per heavy atom. The van der Waals surface area contributed by atoms with E-state index in [1.807, 2.05) is 13.8 Å². The van der Waals surface area contributed by atoms with Gasteiger partial charge in [-0.2, -0.15) is 0 Å². The van der Waals surface area contributed by atoms with Crippen molar-refractivity contribution in [1.29, 1.82) is 0 Å². The van der Waals surface area contributed by atoms with Crippen molar-refractivity contribution in [2.45, 2.75) is 24.8 Å². The van der Waals surface area contributed by atoms with E-state index >= 15 is 0 Å². The normalized spacial score (nSPS) is 15.9. The quantitative estimate of drug-likeness (QED) is 0.565. The summed E-state index contributed by atoms with van der Waals surface area (Å²) in [4.78, 5) is 4.50. The molecule has 1 unspecified atom stereocenters. The van der Waals surface area contributed by atoms with E-state index in [2.05, 4.69) is 9.71 Å². The van der Waals surface area contributed by atoms with Crippen LogP contribution < -0.4 is 18.9 Å². The van der Waals surface area contributed by atoms with E-state index in [4.69, 9.17) is 42.1 Å². The molecule has 1 aliphatic heterocycles. The van der Waals surface area contributed by atoms with Gasteiger partial charge in [0.25, 0.3) is 10.0 Å². The first-order valence-corrected chi connectivity index (χ1v) is 11.9. The van der Waals surface area contributed by atoms with E-state index in [0.717, 1.165) is 0 Å². The molecule has 0 saturated carbocycles. The maximum absolute atomic E-state index is 13.2. The van der Waals surface area contributed by atoms with Crippen LogP contribution in [0, 0.1) is 5.92 Å². The molecule has 0 radical (unpaired) electrons. The fourth-order valence-electron chi connectivity index (χ4n) is 3.18. The molecular weight excluding hydrogens is 479 g/mol. The summed E-state index contributed by atoms with van der Waals surface area (Å²) in [6.07, 6.45) is 0.